The number of fused-ring (bicyclic) bond motifs is 1. The number of rotatable bonds is 0. The average Bonchev–Trinajstić information content (AvgIpc) is 2.05. The van der Waals surface area contributed by atoms with Crippen LogP contribution >= 0.6 is 0 Å². The molecule has 0 amide bonds. The first kappa shape index (κ1) is 5.86. The van der Waals surface area contributed by atoms with Gasteiger partial charge >= 0.3 is 0 Å². The lowest BCUT2D eigenvalue weighted by Crippen LogP contribution is -2.23. The molecular weight excluding hydrogens is 124 g/mol. The van der Waals surface area contributed by atoms with Crippen molar-refractivity contribution in [3.05, 3.63) is 29.6 Å². The quantitative estimate of drug-likeness (QED) is 0.558. The molecule has 2 nitrogen and oxygen atoms in total. The van der Waals surface area contributed by atoms with Gasteiger partial charge in [-0.15, -0.1) is 0 Å². The van der Waals surface area contributed by atoms with Gasteiger partial charge in [0.25, 0.3) is 0 Å². The van der Waals surface area contributed by atoms with Crippen molar-refractivity contribution in [1.82, 2.24) is 10.3 Å². The van der Waals surface area contributed by atoms with Crippen LogP contribution in [0, 0.1) is 6.20 Å². The molecule has 1 N–H and O–H groups in total. The van der Waals surface area contributed by atoms with Crippen LogP contribution in [0.4, 0.5) is 0 Å². The van der Waals surface area contributed by atoms with E-state index in [1.54, 1.807) is 0 Å². The number of nitrogens with one attached hydrogen (secondary N) is 1. The number of hydrogen-bond donors (Lipinski definition) is 1. The fourth-order valence-corrected chi connectivity index (χ4v) is 1.24. The molecule has 1 aliphatic rings. The van der Waals surface area contributed by atoms with Crippen molar-refractivity contribution < 1.29 is 0 Å². The molecule has 51 valence electrons. The van der Waals surface area contributed by atoms with Gasteiger partial charge in [0.1, 0.15) is 0 Å². The van der Waals surface area contributed by atoms with Crippen LogP contribution in [0.25, 0.3) is 0 Å². The van der Waals surface area contributed by atoms with Crippen molar-refractivity contribution in [3.63, 3.8) is 0 Å². The van der Waals surface area contributed by atoms with Gasteiger partial charge in [0.15, 0.2) is 0 Å². The minimum absolute atomic E-state index is 0.934. The van der Waals surface area contributed by atoms with Crippen LogP contribution < -0.4 is 5.32 Å². The van der Waals surface area contributed by atoms with E-state index in [9.17, 15) is 0 Å². The summed E-state index contributed by atoms with van der Waals surface area (Å²) < 4.78 is 0. The van der Waals surface area contributed by atoms with E-state index >= 15 is 0 Å². The molecule has 0 bridgehead atoms. The van der Waals surface area contributed by atoms with E-state index < -0.39 is 0 Å². The summed E-state index contributed by atoms with van der Waals surface area (Å²) in [6.45, 7) is 2.02. The second kappa shape index (κ2) is 2.39. The number of aromatic nitrogens is 1. The van der Waals surface area contributed by atoms with Crippen molar-refractivity contribution in [2.24, 2.45) is 0 Å². The Bertz CT molecular complexity index is 207. The fraction of sp³-hybridized carbons (Fsp3) is 0.375. The minimum atomic E-state index is 0.934. The summed E-state index contributed by atoms with van der Waals surface area (Å²) in [6, 6.07) is 2.08. The molecule has 0 spiro atoms. The largest absolute Gasteiger partial charge is 0.312 e. The minimum Gasteiger partial charge on any atom is -0.312 e. The monoisotopic (exact) mass is 133 g/mol. The Labute approximate surface area is 60.3 Å². The molecule has 0 saturated carbocycles. The molecule has 10 heavy (non-hydrogen) atoms. The predicted octanol–water partition coefficient (Wildman–Crippen LogP) is 0.527. The predicted molar refractivity (Wildman–Crippen MR) is 38.5 cm³/mol. The van der Waals surface area contributed by atoms with E-state index in [0.29, 0.717) is 0 Å². The third-order valence-corrected chi connectivity index (χ3v) is 1.81. The second-order valence-electron chi connectivity index (χ2n) is 2.49. The lowest BCUT2D eigenvalue weighted by Gasteiger charge is -2.14. The van der Waals surface area contributed by atoms with Crippen LogP contribution in [0.1, 0.15) is 11.1 Å². The molecule has 0 fully saturated rings. The fourth-order valence-electron chi connectivity index (χ4n) is 1.24. The highest BCUT2D eigenvalue weighted by Crippen LogP contribution is 2.09. The van der Waals surface area contributed by atoms with E-state index in [4.69, 9.17) is 0 Å². The van der Waals surface area contributed by atoms with Crippen LogP contribution in [-0.4, -0.2) is 11.5 Å². The van der Waals surface area contributed by atoms with Crippen LogP contribution in [0.15, 0.2) is 12.3 Å². The first-order chi connectivity index (χ1) is 4.97. The van der Waals surface area contributed by atoms with Gasteiger partial charge in [0.2, 0.25) is 0 Å². The molecule has 2 heterocycles. The lowest BCUT2D eigenvalue weighted by atomic mass is 10.0. The molecule has 2 rings (SSSR count). The molecule has 1 aromatic heterocycles. The third kappa shape index (κ3) is 0.907. The number of pyridine rings is 1. The van der Waals surface area contributed by atoms with Crippen molar-refractivity contribution in [3.8, 4) is 0 Å². The molecule has 1 radical (unpaired) electrons. The Hall–Kier alpha value is -0.890. The second-order valence-corrected chi connectivity index (χ2v) is 2.49. The number of hydrogen-bond acceptors (Lipinski definition) is 2. The summed E-state index contributed by atoms with van der Waals surface area (Å²) in [4.78, 5) is 3.93. The van der Waals surface area contributed by atoms with E-state index in [0.717, 1.165) is 19.5 Å². The maximum atomic E-state index is 3.93. The highest BCUT2D eigenvalue weighted by molar-refractivity contribution is 5.24. The zero-order valence-electron chi connectivity index (χ0n) is 5.72. The molecule has 0 unspecified atom stereocenters. The van der Waals surface area contributed by atoms with Crippen molar-refractivity contribution in [1.29, 1.82) is 0 Å². The van der Waals surface area contributed by atoms with Gasteiger partial charge in [0, 0.05) is 12.7 Å². The van der Waals surface area contributed by atoms with Crippen molar-refractivity contribution in [2.45, 2.75) is 13.0 Å². The first-order valence-electron chi connectivity index (χ1n) is 3.52. The summed E-state index contributed by atoms with van der Waals surface area (Å²) in [5, 5.41) is 3.27. The van der Waals surface area contributed by atoms with Crippen LogP contribution in [0.3, 0.4) is 0 Å². The zero-order valence-corrected chi connectivity index (χ0v) is 5.72. The van der Waals surface area contributed by atoms with E-state index in [-0.39, 0.29) is 0 Å². The van der Waals surface area contributed by atoms with Gasteiger partial charge in [-0.2, -0.15) is 0 Å². The lowest BCUT2D eigenvalue weighted by molar-refractivity contribution is 0.640. The van der Waals surface area contributed by atoms with Gasteiger partial charge in [-0.3, -0.25) is 4.98 Å². The maximum Gasteiger partial charge on any atom is 0.0937 e. The number of nitrogens with zero attached hydrogens (tertiary/aromatic N) is 1. The van der Waals surface area contributed by atoms with Gasteiger partial charge < -0.3 is 5.32 Å². The molecule has 0 atom stereocenters. The maximum absolute atomic E-state index is 3.93. The van der Waals surface area contributed by atoms with Crippen LogP contribution in [0.2, 0.25) is 0 Å². The Morgan fingerprint density at radius 3 is 3.50 bits per heavy atom. The summed E-state index contributed by atoms with van der Waals surface area (Å²) in [6.07, 6.45) is 5.91. The van der Waals surface area contributed by atoms with Gasteiger partial charge in [-0.05, 0) is 30.2 Å². The van der Waals surface area contributed by atoms with Crippen LogP contribution in [0.5, 0.6) is 0 Å². The Morgan fingerprint density at radius 1 is 1.60 bits per heavy atom. The molecule has 1 aliphatic heterocycles. The topological polar surface area (TPSA) is 24.9 Å². The molecule has 1 aromatic rings. The summed E-state index contributed by atoms with van der Waals surface area (Å²) in [5.41, 5.74) is 2.63. The molecule has 0 aromatic carbocycles. The molecule has 2 heteroatoms. The van der Waals surface area contributed by atoms with E-state index in [1.807, 2.05) is 6.20 Å². The molecule has 0 aliphatic carbocycles. The molecule has 0 saturated heterocycles. The molecular formula is C8H9N2. The van der Waals surface area contributed by atoms with Crippen molar-refractivity contribution >= 4 is 0 Å². The smallest absolute Gasteiger partial charge is 0.0937 e. The van der Waals surface area contributed by atoms with Crippen LogP contribution in [-0.2, 0) is 13.0 Å². The van der Waals surface area contributed by atoms with Crippen molar-refractivity contribution in [2.75, 3.05) is 6.54 Å². The van der Waals surface area contributed by atoms with E-state index in [1.165, 1.54) is 11.1 Å². The Kier molecular flexibility index (Phi) is 1.40. The summed E-state index contributed by atoms with van der Waals surface area (Å²) in [5.74, 6) is 0. The normalized spacial score (nSPS) is 16.4. The summed E-state index contributed by atoms with van der Waals surface area (Å²) in [7, 11) is 0. The first-order valence-corrected chi connectivity index (χ1v) is 3.52. The van der Waals surface area contributed by atoms with Gasteiger partial charge in [-0.25, -0.2) is 0 Å². The van der Waals surface area contributed by atoms with Gasteiger partial charge in [0.05, 0.1) is 6.20 Å². The standard InChI is InChI=1S/C8H9N2/c1-3-9-5-8-6-10-4-2-7(1)8/h1,3,10H,2,4,6H2. The van der Waals surface area contributed by atoms with Gasteiger partial charge in [-0.1, -0.05) is 0 Å². The average molecular weight is 133 g/mol. The summed E-state index contributed by atoms with van der Waals surface area (Å²) >= 11 is 0. The Morgan fingerprint density at radius 2 is 2.60 bits per heavy atom. The highest BCUT2D eigenvalue weighted by Gasteiger charge is 2.06. The zero-order chi connectivity index (χ0) is 6.81. The van der Waals surface area contributed by atoms with E-state index in [2.05, 4.69) is 22.6 Å². The SMILES string of the molecule is [c]1nccc2c1CNCC2. The highest BCUT2D eigenvalue weighted by atomic mass is 14.9. The Balaban J connectivity index is 2.41. The third-order valence-electron chi connectivity index (χ3n) is 1.81.